The van der Waals surface area contributed by atoms with Gasteiger partial charge in [0.15, 0.2) is 0 Å². The fraction of sp³-hybridized carbons (Fsp3) is 0.333. The van der Waals surface area contributed by atoms with Crippen LogP contribution in [-0.4, -0.2) is 6.10 Å². The number of halogens is 2. The summed E-state index contributed by atoms with van der Waals surface area (Å²) in [7, 11) is 0. The molecular formula is C18H18F2O. The van der Waals surface area contributed by atoms with Crippen molar-refractivity contribution in [3.63, 3.8) is 0 Å². The molecule has 1 aliphatic rings. The van der Waals surface area contributed by atoms with Gasteiger partial charge < -0.3 is 4.74 Å². The Balaban J connectivity index is 1.86. The van der Waals surface area contributed by atoms with Gasteiger partial charge >= 0.3 is 0 Å². The minimum atomic E-state index is -0.556. The molecule has 110 valence electrons. The van der Waals surface area contributed by atoms with Crippen molar-refractivity contribution in [1.82, 2.24) is 0 Å². The van der Waals surface area contributed by atoms with E-state index in [4.69, 9.17) is 4.74 Å². The van der Waals surface area contributed by atoms with E-state index in [1.165, 1.54) is 17.7 Å². The molecule has 2 aromatic rings. The highest BCUT2D eigenvalue weighted by atomic mass is 19.1. The van der Waals surface area contributed by atoms with Gasteiger partial charge in [-0.15, -0.1) is 0 Å². The minimum Gasteiger partial charge on any atom is -0.370 e. The van der Waals surface area contributed by atoms with E-state index in [0.29, 0.717) is 11.5 Å². The maximum atomic E-state index is 14.0. The van der Waals surface area contributed by atoms with Crippen molar-refractivity contribution in [3.05, 3.63) is 71.3 Å². The lowest BCUT2D eigenvalue weighted by molar-refractivity contribution is -0.0516. The summed E-state index contributed by atoms with van der Waals surface area (Å²) in [4.78, 5) is 0. The fourth-order valence-electron chi connectivity index (χ4n) is 3.11. The van der Waals surface area contributed by atoms with Gasteiger partial charge in [0, 0.05) is 11.6 Å². The van der Waals surface area contributed by atoms with Crippen LogP contribution in [0.4, 0.5) is 8.78 Å². The van der Waals surface area contributed by atoms with Crippen LogP contribution in [0.1, 0.15) is 42.9 Å². The second-order valence-electron chi connectivity index (χ2n) is 5.68. The lowest BCUT2D eigenvalue weighted by atomic mass is 9.84. The van der Waals surface area contributed by atoms with Gasteiger partial charge in [0.25, 0.3) is 0 Å². The van der Waals surface area contributed by atoms with Crippen LogP contribution in [0.15, 0.2) is 48.5 Å². The van der Waals surface area contributed by atoms with Crippen LogP contribution in [-0.2, 0) is 4.74 Å². The molecule has 3 heteroatoms. The maximum Gasteiger partial charge on any atom is 0.131 e. The third-order valence-corrected chi connectivity index (χ3v) is 4.09. The molecule has 3 rings (SSSR count). The van der Waals surface area contributed by atoms with E-state index in [2.05, 4.69) is 12.1 Å². The number of hydrogen-bond acceptors (Lipinski definition) is 1. The van der Waals surface area contributed by atoms with Gasteiger partial charge in [-0.3, -0.25) is 0 Å². The highest BCUT2D eigenvalue weighted by molar-refractivity contribution is 5.25. The molecular weight excluding hydrogens is 270 g/mol. The summed E-state index contributed by atoms with van der Waals surface area (Å²) in [6, 6.07) is 13.9. The van der Waals surface area contributed by atoms with E-state index < -0.39 is 11.6 Å². The molecule has 1 nitrogen and oxygen atoms in total. The highest BCUT2D eigenvalue weighted by Gasteiger charge is 2.30. The Kier molecular flexibility index (Phi) is 4.02. The van der Waals surface area contributed by atoms with Crippen molar-refractivity contribution >= 4 is 0 Å². The SMILES string of the molecule is C[C@@H]1C[C@H](c2ccccc2)C[C@@H](c2ccc(F)cc2F)O1. The minimum absolute atomic E-state index is 0.0541. The first kappa shape index (κ1) is 14.2. The van der Waals surface area contributed by atoms with Gasteiger partial charge in [-0.2, -0.15) is 0 Å². The third kappa shape index (κ3) is 3.13. The molecule has 0 unspecified atom stereocenters. The van der Waals surface area contributed by atoms with Crippen LogP contribution < -0.4 is 0 Å². The molecule has 0 aliphatic carbocycles. The molecule has 0 aromatic heterocycles. The molecule has 0 bridgehead atoms. The highest BCUT2D eigenvalue weighted by Crippen LogP contribution is 2.40. The number of rotatable bonds is 2. The lowest BCUT2D eigenvalue weighted by Crippen LogP contribution is -2.25. The summed E-state index contributed by atoms with van der Waals surface area (Å²) in [5.74, 6) is -0.745. The quantitative estimate of drug-likeness (QED) is 0.756. The monoisotopic (exact) mass is 288 g/mol. The van der Waals surface area contributed by atoms with Crippen molar-refractivity contribution in [3.8, 4) is 0 Å². The Morgan fingerprint density at radius 3 is 2.48 bits per heavy atom. The number of ether oxygens (including phenoxy) is 1. The Bertz CT molecular complexity index is 612. The summed E-state index contributed by atoms with van der Waals surface area (Å²) in [6.07, 6.45) is 1.37. The van der Waals surface area contributed by atoms with Crippen LogP contribution in [0.2, 0.25) is 0 Å². The summed E-state index contributed by atoms with van der Waals surface area (Å²) in [6.45, 7) is 2.00. The van der Waals surface area contributed by atoms with Gasteiger partial charge in [-0.05, 0) is 37.3 Å². The molecule has 2 aromatic carbocycles. The maximum absolute atomic E-state index is 14.0. The average molecular weight is 288 g/mol. The van der Waals surface area contributed by atoms with Crippen LogP contribution in [0, 0.1) is 11.6 Å². The van der Waals surface area contributed by atoms with E-state index in [9.17, 15) is 8.78 Å². The topological polar surface area (TPSA) is 9.23 Å². The first-order valence-electron chi connectivity index (χ1n) is 7.29. The van der Waals surface area contributed by atoms with Gasteiger partial charge in [0.1, 0.15) is 11.6 Å². The molecule has 0 radical (unpaired) electrons. The largest absolute Gasteiger partial charge is 0.370 e. The molecule has 3 atom stereocenters. The summed E-state index contributed by atoms with van der Waals surface area (Å²) in [5, 5.41) is 0. The molecule has 21 heavy (non-hydrogen) atoms. The van der Waals surface area contributed by atoms with Gasteiger partial charge in [-0.25, -0.2) is 8.78 Å². The zero-order valence-electron chi connectivity index (χ0n) is 11.9. The zero-order valence-corrected chi connectivity index (χ0v) is 11.9. The van der Waals surface area contributed by atoms with Crippen molar-refractivity contribution in [2.45, 2.75) is 37.9 Å². The van der Waals surface area contributed by atoms with Crippen LogP contribution in [0.3, 0.4) is 0 Å². The Hall–Kier alpha value is -1.74. The molecule has 0 N–H and O–H groups in total. The van der Waals surface area contributed by atoms with Crippen LogP contribution in [0.25, 0.3) is 0 Å². The average Bonchev–Trinajstić information content (AvgIpc) is 2.47. The standard InChI is InChI=1S/C18H18F2O/c1-12-9-14(13-5-3-2-4-6-13)10-18(21-12)16-8-7-15(19)11-17(16)20/h2-8,11-12,14,18H,9-10H2,1H3/t12-,14+,18+/m1/s1. The van der Waals surface area contributed by atoms with Crippen molar-refractivity contribution in [2.75, 3.05) is 0 Å². The van der Waals surface area contributed by atoms with E-state index in [-0.39, 0.29) is 12.2 Å². The molecule has 0 saturated carbocycles. The smallest absolute Gasteiger partial charge is 0.131 e. The van der Waals surface area contributed by atoms with Crippen LogP contribution in [0.5, 0.6) is 0 Å². The first-order chi connectivity index (χ1) is 10.1. The van der Waals surface area contributed by atoms with E-state index in [1.54, 1.807) is 0 Å². The molecule has 1 fully saturated rings. The van der Waals surface area contributed by atoms with E-state index >= 15 is 0 Å². The Labute approximate surface area is 123 Å². The fourth-order valence-corrected chi connectivity index (χ4v) is 3.11. The molecule has 0 spiro atoms. The summed E-state index contributed by atoms with van der Waals surface area (Å²) < 4.78 is 32.9. The zero-order chi connectivity index (χ0) is 14.8. The normalized spacial score (nSPS) is 25.8. The van der Waals surface area contributed by atoms with Crippen molar-refractivity contribution in [2.24, 2.45) is 0 Å². The predicted molar refractivity (Wildman–Crippen MR) is 78.1 cm³/mol. The molecule has 1 heterocycles. The second-order valence-corrected chi connectivity index (χ2v) is 5.68. The summed E-state index contributed by atoms with van der Waals surface area (Å²) >= 11 is 0. The first-order valence-corrected chi connectivity index (χ1v) is 7.29. The Morgan fingerprint density at radius 1 is 1.00 bits per heavy atom. The van der Waals surface area contributed by atoms with Crippen molar-refractivity contribution in [1.29, 1.82) is 0 Å². The lowest BCUT2D eigenvalue weighted by Gasteiger charge is -2.34. The second kappa shape index (κ2) is 5.94. The van der Waals surface area contributed by atoms with Crippen molar-refractivity contribution < 1.29 is 13.5 Å². The van der Waals surface area contributed by atoms with Crippen LogP contribution >= 0.6 is 0 Å². The Morgan fingerprint density at radius 2 is 1.76 bits per heavy atom. The van der Waals surface area contributed by atoms with E-state index in [1.807, 2.05) is 25.1 Å². The molecule has 0 amide bonds. The van der Waals surface area contributed by atoms with Gasteiger partial charge in [0.05, 0.1) is 12.2 Å². The van der Waals surface area contributed by atoms with Gasteiger partial charge in [0.2, 0.25) is 0 Å². The molecule has 1 aliphatic heterocycles. The van der Waals surface area contributed by atoms with Gasteiger partial charge in [-0.1, -0.05) is 36.4 Å². The van der Waals surface area contributed by atoms with E-state index in [0.717, 1.165) is 18.9 Å². The predicted octanol–water partition coefficient (Wildman–Crippen LogP) is 4.99. The molecule has 1 saturated heterocycles. The number of benzene rings is 2. The summed E-state index contributed by atoms with van der Waals surface area (Å²) in [5.41, 5.74) is 1.70. The number of hydrogen-bond donors (Lipinski definition) is 0. The third-order valence-electron chi connectivity index (χ3n) is 4.09.